The highest BCUT2D eigenvalue weighted by molar-refractivity contribution is 8.03. The van der Waals surface area contributed by atoms with Gasteiger partial charge in [-0.3, -0.25) is 9.59 Å². The molecule has 3 rings (SSSR count). The van der Waals surface area contributed by atoms with E-state index in [1.807, 2.05) is 6.92 Å². The molecule has 8 nitrogen and oxygen atoms in total. The molecule has 144 valence electrons. The maximum atomic E-state index is 12.2. The summed E-state index contributed by atoms with van der Waals surface area (Å²) in [5, 5.41) is 25.5. The van der Waals surface area contributed by atoms with Crippen molar-refractivity contribution in [2.45, 2.75) is 44.1 Å². The van der Waals surface area contributed by atoms with Crippen LogP contribution in [0.2, 0.25) is 0 Å². The Morgan fingerprint density at radius 1 is 1.42 bits per heavy atom. The highest BCUT2D eigenvalue weighted by Gasteiger charge is 2.57. The topological polar surface area (TPSA) is 119 Å². The van der Waals surface area contributed by atoms with Gasteiger partial charge < -0.3 is 25.7 Å². The third kappa shape index (κ3) is 3.35. The second-order valence-corrected chi connectivity index (χ2v) is 8.44. The highest BCUT2D eigenvalue weighted by atomic mass is 32.2. The lowest BCUT2D eigenvalue weighted by Gasteiger charge is -2.44. The molecule has 5 atom stereocenters. The Balaban J connectivity index is 1.72. The minimum Gasteiger partial charge on any atom is -0.477 e. The number of piperidine rings is 1. The van der Waals surface area contributed by atoms with Crippen molar-refractivity contribution in [3.63, 3.8) is 0 Å². The van der Waals surface area contributed by atoms with E-state index < -0.39 is 18.0 Å². The monoisotopic (exact) mass is 383 g/mol. The number of amides is 2. The fourth-order valence-electron chi connectivity index (χ4n) is 4.05. The van der Waals surface area contributed by atoms with Crippen LogP contribution in [0.4, 0.5) is 0 Å². The van der Waals surface area contributed by atoms with Gasteiger partial charge in [0.1, 0.15) is 5.70 Å². The summed E-state index contributed by atoms with van der Waals surface area (Å²) in [6.45, 7) is 5.33. The Morgan fingerprint density at radius 3 is 2.77 bits per heavy atom. The van der Waals surface area contributed by atoms with Gasteiger partial charge in [0.25, 0.3) is 0 Å². The van der Waals surface area contributed by atoms with Crippen LogP contribution in [-0.2, 0) is 14.4 Å². The third-order valence-corrected chi connectivity index (χ3v) is 6.57. The Labute approximate surface area is 156 Å². The molecular formula is C17H25N3O5S. The smallest absolute Gasteiger partial charge is 0.353 e. The zero-order valence-electron chi connectivity index (χ0n) is 14.9. The third-order valence-electron chi connectivity index (χ3n) is 5.23. The molecule has 26 heavy (non-hydrogen) atoms. The average molecular weight is 383 g/mol. The molecule has 4 N–H and O–H groups in total. The van der Waals surface area contributed by atoms with Crippen molar-refractivity contribution >= 4 is 29.5 Å². The number of thioether (sulfide) groups is 1. The molecule has 2 saturated heterocycles. The van der Waals surface area contributed by atoms with Gasteiger partial charge in [0, 0.05) is 36.2 Å². The normalized spacial score (nSPS) is 32.1. The van der Waals surface area contributed by atoms with Crippen molar-refractivity contribution < 1.29 is 24.6 Å². The van der Waals surface area contributed by atoms with Crippen LogP contribution < -0.4 is 10.6 Å². The van der Waals surface area contributed by atoms with E-state index >= 15 is 0 Å². The molecule has 0 unspecified atom stereocenters. The molecule has 0 aromatic carbocycles. The van der Waals surface area contributed by atoms with Gasteiger partial charge in [-0.1, -0.05) is 0 Å². The van der Waals surface area contributed by atoms with Crippen molar-refractivity contribution in [3.05, 3.63) is 10.6 Å². The van der Waals surface area contributed by atoms with Gasteiger partial charge in [-0.25, -0.2) is 4.79 Å². The second kappa shape index (κ2) is 7.58. The lowest BCUT2D eigenvalue weighted by molar-refractivity contribution is -0.161. The quantitative estimate of drug-likeness (QED) is 0.467. The van der Waals surface area contributed by atoms with Gasteiger partial charge in [0.2, 0.25) is 11.8 Å². The van der Waals surface area contributed by atoms with E-state index in [1.165, 1.54) is 16.7 Å². The Bertz CT molecular complexity index is 650. The average Bonchev–Trinajstić information content (AvgIpc) is 2.89. The molecule has 0 aromatic rings. The molecule has 0 bridgehead atoms. The van der Waals surface area contributed by atoms with E-state index in [0.717, 1.165) is 0 Å². The van der Waals surface area contributed by atoms with Crippen molar-refractivity contribution in [3.8, 4) is 0 Å². The molecule has 2 fully saturated rings. The van der Waals surface area contributed by atoms with E-state index in [0.29, 0.717) is 37.4 Å². The minimum atomic E-state index is -1.11. The number of β-lactam (4-membered cyclic amide) rings is 1. The van der Waals surface area contributed by atoms with Crippen LogP contribution in [0.3, 0.4) is 0 Å². The SMILES string of the molecule is CCNC(=O)[C@@H]1CNC[C@@H](SC2=C(C(=O)O)N3C(=O)[C@H]([C@@H](C)O)[C@H]3C2)C1. The molecule has 0 spiro atoms. The minimum absolute atomic E-state index is 0.0114. The van der Waals surface area contributed by atoms with Gasteiger partial charge in [-0.15, -0.1) is 11.8 Å². The maximum absolute atomic E-state index is 12.2. The number of fused-ring (bicyclic) bond motifs is 1. The molecule has 0 saturated carbocycles. The van der Waals surface area contributed by atoms with E-state index in [4.69, 9.17) is 0 Å². The molecule has 0 radical (unpaired) electrons. The fraction of sp³-hybridized carbons (Fsp3) is 0.706. The van der Waals surface area contributed by atoms with Gasteiger partial charge in [-0.2, -0.15) is 0 Å². The Morgan fingerprint density at radius 2 is 2.15 bits per heavy atom. The first-order valence-corrected chi connectivity index (χ1v) is 9.85. The molecule has 9 heteroatoms. The molecule has 3 aliphatic heterocycles. The largest absolute Gasteiger partial charge is 0.477 e. The van der Waals surface area contributed by atoms with Crippen molar-refractivity contribution in [2.75, 3.05) is 19.6 Å². The summed E-state index contributed by atoms with van der Waals surface area (Å²) in [6, 6.07) is -0.271. The number of aliphatic hydroxyl groups excluding tert-OH is 1. The van der Waals surface area contributed by atoms with Crippen molar-refractivity contribution in [1.29, 1.82) is 0 Å². The standard InChI is InChI=1S/C17H25N3O5S/c1-3-19-15(22)9-4-10(7-18-6-9)26-12-5-11-13(8(2)21)16(23)20(11)14(12)17(24)25/h8-11,13,18,21H,3-7H2,1-2H3,(H,19,22)(H,24,25)/t8-,9+,10+,11-,13-/m1/s1. The second-order valence-electron chi connectivity index (χ2n) is 7.05. The van der Waals surface area contributed by atoms with E-state index in [1.54, 1.807) is 6.92 Å². The number of carbonyl (C=O) groups is 3. The lowest BCUT2D eigenvalue weighted by atomic mass is 9.83. The van der Waals surface area contributed by atoms with Gasteiger partial charge in [0.15, 0.2) is 0 Å². The maximum Gasteiger partial charge on any atom is 0.353 e. The predicted molar refractivity (Wildman–Crippen MR) is 96.1 cm³/mol. The van der Waals surface area contributed by atoms with Crippen LogP contribution in [0.15, 0.2) is 10.6 Å². The molecule has 0 aliphatic carbocycles. The summed E-state index contributed by atoms with van der Waals surface area (Å²) < 4.78 is 0. The number of hydrogen-bond donors (Lipinski definition) is 4. The summed E-state index contributed by atoms with van der Waals surface area (Å²) in [6.07, 6.45) is 0.329. The molecule has 3 heterocycles. The van der Waals surface area contributed by atoms with Crippen LogP contribution in [0.1, 0.15) is 26.7 Å². The predicted octanol–water partition coefficient (Wildman–Crippen LogP) is -0.258. The number of aliphatic carboxylic acids is 1. The van der Waals surface area contributed by atoms with Crippen LogP contribution in [-0.4, -0.2) is 69.9 Å². The number of hydrogen-bond acceptors (Lipinski definition) is 6. The summed E-state index contributed by atoms with van der Waals surface area (Å²) >= 11 is 1.45. The van der Waals surface area contributed by atoms with E-state index in [-0.39, 0.29) is 34.7 Å². The van der Waals surface area contributed by atoms with Crippen molar-refractivity contribution in [1.82, 2.24) is 15.5 Å². The van der Waals surface area contributed by atoms with Gasteiger partial charge in [-0.05, 0) is 20.3 Å². The number of aliphatic hydroxyl groups is 1. The van der Waals surface area contributed by atoms with E-state index in [2.05, 4.69) is 10.6 Å². The lowest BCUT2D eigenvalue weighted by Crippen LogP contribution is -2.61. The molecule has 3 aliphatic rings. The molecule has 0 aromatic heterocycles. The number of carboxylic acids is 1. The number of rotatable bonds is 6. The first-order chi connectivity index (χ1) is 12.3. The zero-order chi connectivity index (χ0) is 19.0. The van der Waals surface area contributed by atoms with Gasteiger partial charge in [0.05, 0.1) is 24.0 Å². The fourth-order valence-corrected chi connectivity index (χ4v) is 5.54. The first kappa shape index (κ1) is 19.2. The molecule has 2 amide bonds. The van der Waals surface area contributed by atoms with Crippen molar-refractivity contribution in [2.24, 2.45) is 11.8 Å². The number of nitrogens with one attached hydrogen (secondary N) is 2. The number of carboxylic acid groups (broad SMARTS) is 1. The van der Waals surface area contributed by atoms with Crippen LogP contribution in [0, 0.1) is 11.8 Å². The Hall–Kier alpha value is -1.58. The van der Waals surface area contributed by atoms with Gasteiger partial charge >= 0.3 is 5.97 Å². The summed E-state index contributed by atoms with van der Waals surface area (Å²) in [4.78, 5) is 38.0. The van der Waals surface area contributed by atoms with Crippen LogP contribution in [0.5, 0.6) is 0 Å². The summed E-state index contributed by atoms with van der Waals surface area (Å²) in [7, 11) is 0. The number of carbonyl (C=O) groups excluding carboxylic acids is 2. The zero-order valence-corrected chi connectivity index (χ0v) is 15.7. The van der Waals surface area contributed by atoms with Crippen LogP contribution in [0.25, 0.3) is 0 Å². The Kier molecular flexibility index (Phi) is 5.59. The summed E-state index contributed by atoms with van der Waals surface area (Å²) in [5.74, 6) is -2.09. The van der Waals surface area contributed by atoms with Crippen LogP contribution >= 0.6 is 11.8 Å². The summed E-state index contributed by atoms with van der Waals surface area (Å²) in [5.41, 5.74) is 0.0435. The number of nitrogens with zero attached hydrogens (tertiary/aromatic N) is 1. The highest BCUT2D eigenvalue weighted by Crippen LogP contribution is 2.48. The van der Waals surface area contributed by atoms with E-state index in [9.17, 15) is 24.6 Å². The molecular weight excluding hydrogens is 358 g/mol. The first-order valence-electron chi connectivity index (χ1n) is 8.97.